The van der Waals surface area contributed by atoms with Gasteiger partial charge in [-0.25, -0.2) is 0 Å². The molecule has 16 heavy (non-hydrogen) atoms. The van der Waals surface area contributed by atoms with Crippen LogP contribution in [0.15, 0.2) is 12.2 Å². The number of carbonyl (C=O) groups is 2. The molecule has 0 aromatic heterocycles. The Kier molecular flexibility index (Phi) is 2.96. The number of amides is 1. The Morgan fingerprint density at radius 3 is 2.44 bits per heavy atom. The van der Waals surface area contributed by atoms with Crippen LogP contribution in [0.2, 0.25) is 0 Å². The molecule has 2 rings (SSSR count). The summed E-state index contributed by atoms with van der Waals surface area (Å²) in [5.74, 6) is -2.19. The highest BCUT2D eigenvalue weighted by molar-refractivity contribution is 5.86. The van der Waals surface area contributed by atoms with E-state index in [1.54, 1.807) is 0 Å². The molecule has 2 aliphatic rings. The van der Waals surface area contributed by atoms with Crippen molar-refractivity contribution in [3.05, 3.63) is 12.2 Å². The maximum absolute atomic E-state index is 11.8. The highest BCUT2D eigenvalue weighted by atomic mass is 16.4. The first-order valence-corrected chi connectivity index (χ1v) is 5.45. The number of carboxylic acids is 1. The van der Waals surface area contributed by atoms with Crippen LogP contribution >= 0.6 is 0 Å². The molecule has 0 radical (unpaired) electrons. The number of carboxylic acid groups (broad SMARTS) is 1. The van der Waals surface area contributed by atoms with Crippen LogP contribution in [-0.2, 0) is 9.59 Å². The van der Waals surface area contributed by atoms with Crippen LogP contribution in [0, 0.1) is 23.7 Å². The van der Waals surface area contributed by atoms with Gasteiger partial charge in [0.15, 0.2) is 0 Å². The predicted molar refractivity (Wildman–Crippen MR) is 55.4 cm³/mol. The van der Waals surface area contributed by atoms with Crippen molar-refractivity contribution in [3.8, 4) is 0 Å². The number of nitrogens with one attached hydrogen (secondary N) is 1. The molecule has 1 fully saturated rings. The fourth-order valence-electron chi connectivity index (χ4n) is 2.81. The van der Waals surface area contributed by atoms with Crippen molar-refractivity contribution in [1.29, 1.82) is 0 Å². The summed E-state index contributed by atoms with van der Waals surface area (Å²) in [7, 11) is 0. The molecule has 1 amide bonds. The summed E-state index contributed by atoms with van der Waals surface area (Å²) in [6.07, 6.45) is 4.60. The first-order valence-electron chi connectivity index (χ1n) is 5.45. The van der Waals surface area contributed by atoms with E-state index in [4.69, 9.17) is 10.2 Å². The number of allylic oxidation sites excluding steroid dienone is 2. The van der Waals surface area contributed by atoms with Crippen LogP contribution in [0.3, 0.4) is 0 Å². The average Bonchev–Trinajstić information content (AvgIpc) is 2.84. The lowest BCUT2D eigenvalue weighted by Crippen LogP contribution is -2.41. The lowest BCUT2D eigenvalue weighted by molar-refractivity contribution is -0.147. The topological polar surface area (TPSA) is 86.6 Å². The van der Waals surface area contributed by atoms with Crippen LogP contribution in [0.4, 0.5) is 0 Å². The van der Waals surface area contributed by atoms with Gasteiger partial charge >= 0.3 is 5.97 Å². The van der Waals surface area contributed by atoms with E-state index in [9.17, 15) is 9.59 Å². The third-order valence-electron chi connectivity index (χ3n) is 3.46. The second kappa shape index (κ2) is 4.25. The SMILES string of the molecule is O=C(O)C1C2C=CC(C2)C1C(=O)NCCO. The third kappa shape index (κ3) is 1.71. The summed E-state index contributed by atoms with van der Waals surface area (Å²) in [6.45, 7) is 0.0584. The van der Waals surface area contributed by atoms with Crippen LogP contribution < -0.4 is 5.32 Å². The summed E-state index contributed by atoms with van der Waals surface area (Å²) in [5, 5.41) is 20.3. The largest absolute Gasteiger partial charge is 0.481 e. The van der Waals surface area contributed by atoms with E-state index < -0.39 is 17.8 Å². The van der Waals surface area contributed by atoms with E-state index in [1.165, 1.54) is 0 Å². The smallest absolute Gasteiger partial charge is 0.307 e. The predicted octanol–water partition coefficient (Wildman–Crippen LogP) is -0.382. The summed E-state index contributed by atoms with van der Waals surface area (Å²) in [4.78, 5) is 22.9. The molecule has 0 saturated heterocycles. The van der Waals surface area contributed by atoms with Gasteiger partial charge in [0, 0.05) is 6.54 Å². The first kappa shape index (κ1) is 11.1. The zero-order valence-corrected chi connectivity index (χ0v) is 8.80. The summed E-state index contributed by atoms with van der Waals surface area (Å²) in [5.41, 5.74) is 0. The molecule has 2 bridgehead atoms. The standard InChI is InChI=1S/C11H15NO4/c13-4-3-12-10(14)8-6-1-2-7(5-6)9(8)11(15)16/h1-2,6-9,13H,3-5H2,(H,12,14)(H,15,16). The molecular formula is C11H15NO4. The molecule has 4 unspecified atom stereocenters. The van der Waals surface area contributed by atoms with E-state index in [0.29, 0.717) is 0 Å². The Hall–Kier alpha value is -1.36. The second-order valence-corrected chi connectivity index (χ2v) is 4.35. The van der Waals surface area contributed by atoms with Crippen molar-refractivity contribution in [2.45, 2.75) is 6.42 Å². The molecule has 88 valence electrons. The van der Waals surface area contributed by atoms with E-state index in [2.05, 4.69) is 5.32 Å². The van der Waals surface area contributed by atoms with Gasteiger partial charge in [0.05, 0.1) is 18.4 Å². The summed E-state index contributed by atoms with van der Waals surface area (Å²) in [6, 6.07) is 0. The van der Waals surface area contributed by atoms with Gasteiger partial charge in [0.1, 0.15) is 0 Å². The molecule has 0 aromatic carbocycles. The molecule has 5 nitrogen and oxygen atoms in total. The zero-order chi connectivity index (χ0) is 11.7. The van der Waals surface area contributed by atoms with E-state index in [-0.39, 0.29) is 30.9 Å². The van der Waals surface area contributed by atoms with Crippen molar-refractivity contribution >= 4 is 11.9 Å². The van der Waals surface area contributed by atoms with Gasteiger partial charge in [-0.05, 0) is 18.3 Å². The fraction of sp³-hybridized carbons (Fsp3) is 0.636. The Labute approximate surface area is 93.1 Å². The van der Waals surface area contributed by atoms with Gasteiger partial charge < -0.3 is 15.5 Å². The molecular weight excluding hydrogens is 210 g/mol. The summed E-state index contributed by atoms with van der Waals surface area (Å²) >= 11 is 0. The average molecular weight is 225 g/mol. The molecule has 0 aliphatic heterocycles. The van der Waals surface area contributed by atoms with Crippen LogP contribution in [0.5, 0.6) is 0 Å². The molecule has 0 heterocycles. The van der Waals surface area contributed by atoms with Crippen molar-refractivity contribution in [3.63, 3.8) is 0 Å². The first-order chi connectivity index (χ1) is 7.65. The van der Waals surface area contributed by atoms with Crippen molar-refractivity contribution in [1.82, 2.24) is 5.32 Å². The number of aliphatic carboxylic acids is 1. The zero-order valence-electron chi connectivity index (χ0n) is 8.80. The highest BCUT2D eigenvalue weighted by Crippen LogP contribution is 2.48. The normalized spacial score (nSPS) is 35.3. The van der Waals surface area contributed by atoms with Gasteiger partial charge in [-0.2, -0.15) is 0 Å². The number of hydrogen-bond donors (Lipinski definition) is 3. The van der Waals surface area contributed by atoms with Crippen LogP contribution in [-0.4, -0.2) is 35.2 Å². The number of hydrogen-bond acceptors (Lipinski definition) is 3. The van der Waals surface area contributed by atoms with Gasteiger partial charge in [-0.1, -0.05) is 12.2 Å². The number of aliphatic hydroxyl groups is 1. The Balaban J connectivity index is 2.10. The van der Waals surface area contributed by atoms with Gasteiger partial charge in [-0.3, -0.25) is 9.59 Å². The Morgan fingerprint density at radius 2 is 1.88 bits per heavy atom. The number of carbonyl (C=O) groups excluding carboxylic acids is 1. The summed E-state index contributed by atoms with van der Waals surface area (Å²) < 4.78 is 0. The highest BCUT2D eigenvalue weighted by Gasteiger charge is 2.51. The lowest BCUT2D eigenvalue weighted by atomic mass is 9.82. The van der Waals surface area contributed by atoms with Crippen molar-refractivity contribution in [2.75, 3.05) is 13.2 Å². The molecule has 4 atom stereocenters. The molecule has 2 aliphatic carbocycles. The maximum Gasteiger partial charge on any atom is 0.307 e. The second-order valence-electron chi connectivity index (χ2n) is 4.35. The molecule has 0 aromatic rings. The fourth-order valence-corrected chi connectivity index (χ4v) is 2.81. The van der Waals surface area contributed by atoms with E-state index >= 15 is 0 Å². The minimum atomic E-state index is -0.902. The molecule has 5 heteroatoms. The minimum absolute atomic E-state index is 0.00706. The maximum atomic E-state index is 11.8. The quantitative estimate of drug-likeness (QED) is 0.569. The van der Waals surface area contributed by atoms with Gasteiger partial charge in [0.2, 0.25) is 5.91 Å². The minimum Gasteiger partial charge on any atom is -0.481 e. The Bertz CT molecular complexity index is 339. The van der Waals surface area contributed by atoms with E-state index in [0.717, 1.165) is 6.42 Å². The number of rotatable bonds is 4. The Morgan fingerprint density at radius 1 is 1.25 bits per heavy atom. The molecule has 0 spiro atoms. The van der Waals surface area contributed by atoms with Crippen LogP contribution in [0.1, 0.15) is 6.42 Å². The number of aliphatic hydroxyl groups excluding tert-OH is 1. The molecule has 3 N–H and O–H groups in total. The van der Waals surface area contributed by atoms with E-state index in [1.807, 2.05) is 12.2 Å². The monoisotopic (exact) mass is 225 g/mol. The third-order valence-corrected chi connectivity index (χ3v) is 3.46. The van der Waals surface area contributed by atoms with Gasteiger partial charge in [-0.15, -0.1) is 0 Å². The number of fused-ring (bicyclic) bond motifs is 2. The lowest BCUT2D eigenvalue weighted by Gasteiger charge is -2.23. The van der Waals surface area contributed by atoms with Crippen LogP contribution in [0.25, 0.3) is 0 Å². The van der Waals surface area contributed by atoms with Gasteiger partial charge in [0.25, 0.3) is 0 Å². The molecule has 1 saturated carbocycles. The van der Waals surface area contributed by atoms with Crippen molar-refractivity contribution in [2.24, 2.45) is 23.7 Å². The van der Waals surface area contributed by atoms with Crippen molar-refractivity contribution < 1.29 is 19.8 Å².